The van der Waals surface area contributed by atoms with Gasteiger partial charge in [-0.25, -0.2) is 9.48 Å². The Kier molecular flexibility index (Phi) is 8.60. The summed E-state index contributed by atoms with van der Waals surface area (Å²) in [5, 5.41) is 37.6. The molecular weight excluding hydrogens is 556 g/mol. The van der Waals surface area contributed by atoms with Gasteiger partial charge in [0.25, 0.3) is 0 Å². The molecule has 0 saturated carbocycles. The smallest absolute Gasteiger partial charge is 0.353 e. The molecule has 224 valence electrons. The topological polar surface area (TPSA) is 212 Å². The zero-order valence-electron chi connectivity index (χ0n) is 22.9. The number of nitrogens with one attached hydrogen (secondary N) is 2. The van der Waals surface area contributed by atoms with Crippen LogP contribution in [0.5, 0.6) is 0 Å². The molecule has 7 atom stereocenters. The van der Waals surface area contributed by atoms with Gasteiger partial charge < -0.3 is 31.1 Å². The second-order valence-corrected chi connectivity index (χ2v) is 12.4. The Morgan fingerprint density at radius 3 is 2.63 bits per heavy atom. The molecular formula is C24H36N10O6S. The first-order valence-corrected chi connectivity index (χ1v) is 14.6. The molecule has 0 radical (unpaired) electrons. The Bertz CT molecular complexity index is 1210. The molecule has 5 heterocycles. The van der Waals surface area contributed by atoms with Crippen LogP contribution >= 0.6 is 11.8 Å². The van der Waals surface area contributed by atoms with Crippen LogP contribution in [0.4, 0.5) is 0 Å². The lowest BCUT2D eigenvalue weighted by molar-refractivity contribution is -0.158. The van der Waals surface area contributed by atoms with Crippen molar-refractivity contribution < 1.29 is 29.4 Å². The number of nitrogens with two attached hydrogens (primary N) is 1. The summed E-state index contributed by atoms with van der Waals surface area (Å²) in [5.41, 5.74) is 5.28. The number of carbonyl (C=O) groups excluding carboxylic acids is 3. The van der Waals surface area contributed by atoms with Gasteiger partial charge >= 0.3 is 5.97 Å². The molecule has 4 aliphatic heterocycles. The molecule has 6 N–H and O–H groups in total. The number of aromatic nitrogens is 4. The van der Waals surface area contributed by atoms with Crippen LogP contribution in [-0.4, -0.2) is 138 Å². The predicted molar refractivity (Wildman–Crippen MR) is 144 cm³/mol. The zero-order valence-corrected chi connectivity index (χ0v) is 23.7. The van der Waals surface area contributed by atoms with Gasteiger partial charge in [-0.15, -0.1) is 16.9 Å². The van der Waals surface area contributed by atoms with Crippen molar-refractivity contribution in [3.05, 3.63) is 16.9 Å². The van der Waals surface area contributed by atoms with Gasteiger partial charge in [-0.1, -0.05) is 6.92 Å². The maximum Gasteiger partial charge on any atom is 0.353 e. The third-order valence-corrected chi connectivity index (χ3v) is 9.79. The molecule has 16 nitrogen and oxygen atoms in total. The molecule has 3 amide bonds. The molecule has 0 bridgehead atoms. The van der Waals surface area contributed by atoms with Crippen LogP contribution in [0, 0.1) is 11.8 Å². The summed E-state index contributed by atoms with van der Waals surface area (Å²) in [5.74, 6) is -2.57. The van der Waals surface area contributed by atoms with Crippen LogP contribution < -0.4 is 16.4 Å². The lowest BCUT2D eigenvalue weighted by atomic mass is 9.78. The molecule has 1 aromatic rings. The summed E-state index contributed by atoms with van der Waals surface area (Å²) in [6.07, 6.45) is 0.912. The molecule has 17 heteroatoms. The maximum absolute atomic E-state index is 13.2. The third-order valence-electron chi connectivity index (χ3n) is 8.28. The highest BCUT2D eigenvalue weighted by atomic mass is 32.2. The summed E-state index contributed by atoms with van der Waals surface area (Å²) >= 11 is 1.43. The van der Waals surface area contributed by atoms with E-state index in [0.717, 1.165) is 0 Å². The number of hydrogen-bond donors (Lipinski definition) is 5. The number of carboxylic acid groups (broad SMARTS) is 1. The van der Waals surface area contributed by atoms with E-state index in [2.05, 4.69) is 26.2 Å². The molecule has 1 aromatic heterocycles. The number of amides is 3. The van der Waals surface area contributed by atoms with Crippen molar-refractivity contribution in [1.29, 1.82) is 0 Å². The molecule has 0 spiro atoms. The fraction of sp³-hybridized carbons (Fsp3) is 0.708. The van der Waals surface area contributed by atoms with E-state index < -0.39 is 24.2 Å². The van der Waals surface area contributed by atoms with E-state index in [4.69, 9.17) is 5.73 Å². The molecule has 3 unspecified atom stereocenters. The van der Waals surface area contributed by atoms with Gasteiger partial charge in [0.15, 0.2) is 0 Å². The Labute approximate surface area is 240 Å². The van der Waals surface area contributed by atoms with Gasteiger partial charge in [-0.2, -0.15) is 0 Å². The number of hydrogen-bond acceptors (Lipinski definition) is 12. The number of carbonyl (C=O) groups is 4. The fourth-order valence-corrected chi connectivity index (χ4v) is 7.80. The number of aliphatic hydroxyl groups excluding tert-OH is 1. The fourth-order valence-electron chi connectivity index (χ4n) is 6.33. The van der Waals surface area contributed by atoms with Gasteiger partial charge in [-0.3, -0.25) is 24.6 Å². The molecule has 0 aliphatic carbocycles. The number of carboxylic acids is 1. The number of primary amides is 1. The molecule has 3 saturated heterocycles. The summed E-state index contributed by atoms with van der Waals surface area (Å²) < 4.78 is 1.37. The average molecular weight is 593 g/mol. The van der Waals surface area contributed by atoms with Crippen LogP contribution in [0.15, 0.2) is 16.9 Å². The summed E-state index contributed by atoms with van der Waals surface area (Å²) in [6.45, 7) is 6.74. The number of rotatable bonds is 11. The van der Waals surface area contributed by atoms with Gasteiger partial charge in [0.1, 0.15) is 18.3 Å². The largest absolute Gasteiger partial charge is 0.477 e. The van der Waals surface area contributed by atoms with Crippen molar-refractivity contribution in [2.24, 2.45) is 17.6 Å². The average Bonchev–Trinajstić information content (AvgIpc) is 3.64. The Morgan fingerprint density at radius 2 is 2.00 bits per heavy atom. The Morgan fingerprint density at radius 1 is 1.27 bits per heavy atom. The number of tetrazole rings is 1. The number of fused-ring (bicyclic) bond motifs is 1. The van der Waals surface area contributed by atoms with Crippen LogP contribution in [-0.2, 0) is 25.7 Å². The van der Waals surface area contributed by atoms with Crippen molar-refractivity contribution in [3.8, 4) is 0 Å². The molecule has 41 heavy (non-hydrogen) atoms. The van der Waals surface area contributed by atoms with Crippen molar-refractivity contribution in [2.45, 2.75) is 56.4 Å². The number of aliphatic carboxylic acids is 1. The number of nitrogens with zero attached hydrogens (tertiary/aromatic N) is 7. The van der Waals surface area contributed by atoms with Crippen LogP contribution in [0.3, 0.4) is 0 Å². The van der Waals surface area contributed by atoms with E-state index in [1.807, 2.05) is 11.8 Å². The van der Waals surface area contributed by atoms with Crippen molar-refractivity contribution in [1.82, 2.24) is 45.5 Å². The van der Waals surface area contributed by atoms with Crippen LogP contribution in [0.2, 0.25) is 0 Å². The highest BCUT2D eigenvalue weighted by molar-refractivity contribution is 8.03. The standard InChI is InChI=1S/C24H36N10O6S/c1-12-19-18(13(2)28-17(36)10-33-11-27-29-30-33)23(38)34(19)20(24(39)40)21(12)41-14-7-15(26-8-14)22(37)32-5-3-31(4-6-32)9-16(25)35/h11-15,17-19,26,28,36H,3-10H2,1-2H3,(H2,25,35)(H,39,40)/t12-,13-,14?,15?,17?,18-,19-/m1/s1. The quantitative estimate of drug-likeness (QED) is 0.127. The Balaban J connectivity index is 1.18. The number of β-lactam (4-membered cyclic amide) rings is 1. The van der Waals surface area contributed by atoms with Crippen LogP contribution in [0.25, 0.3) is 0 Å². The minimum atomic E-state index is -1.15. The van der Waals surface area contributed by atoms with Crippen molar-refractivity contribution in [3.63, 3.8) is 0 Å². The zero-order chi connectivity index (χ0) is 29.4. The molecule has 5 rings (SSSR count). The van der Waals surface area contributed by atoms with Gasteiger partial charge in [0.05, 0.1) is 31.1 Å². The highest BCUT2D eigenvalue weighted by Gasteiger charge is 2.60. The van der Waals surface area contributed by atoms with Gasteiger partial charge in [0.2, 0.25) is 17.7 Å². The van der Waals surface area contributed by atoms with Crippen molar-refractivity contribution in [2.75, 3.05) is 39.3 Å². The van der Waals surface area contributed by atoms with E-state index in [1.54, 1.807) is 11.8 Å². The Hall–Kier alpha value is -3.12. The number of aliphatic hydroxyl groups is 1. The van der Waals surface area contributed by atoms with E-state index in [1.165, 1.54) is 27.7 Å². The highest BCUT2D eigenvalue weighted by Crippen LogP contribution is 2.51. The molecule has 0 aromatic carbocycles. The first-order valence-electron chi connectivity index (χ1n) is 13.7. The minimum Gasteiger partial charge on any atom is -0.477 e. The summed E-state index contributed by atoms with van der Waals surface area (Å²) in [7, 11) is 0. The normalized spacial score (nSPS) is 29.8. The first kappa shape index (κ1) is 29.4. The van der Waals surface area contributed by atoms with Crippen molar-refractivity contribution >= 4 is 35.5 Å². The van der Waals surface area contributed by atoms with Crippen LogP contribution in [0.1, 0.15) is 20.3 Å². The molecule has 4 aliphatic rings. The second-order valence-electron chi connectivity index (χ2n) is 11.0. The van der Waals surface area contributed by atoms with Gasteiger partial charge in [0, 0.05) is 54.8 Å². The monoisotopic (exact) mass is 592 g/mol. The van der Waals surface area contributed by atoms with E-state index in [9.17, 15) is 29.4 Å². The van der Waals surface area contributed by atoms with E-state index in [0.29, 0.717) is 44.0 Å². The molecule has 3 fully saturated rings. The third kappa shape index (κ3) is 5.94. The second kappa shape index (κ2) is 12.0. The predicted octanol–water partition coefficient (Wildman–Crippen LogP) is -3.16. The SMILES string of the molecule is C[C@@H](NC(O)Cn1cnnn1)[C@H]1C(=O)N2C(C(=O)O)=C(SC3CNC(C(=O)N4CCN(CC(N)=O)CC4)C3)[C@H](C)[C@H]12. The lowest BCUT2D eigenvalue weighted by Crippen LogP contribution is -2.66. The maximum atomic E-state index is 13.2. The minimum absolute atomic E-state index is 0.00192. The summed E-state index contributed by atoms with van der Waals surface area (Å²) in [4.78, 5) is 55.6. The van der Waals surface area contributed by atoms with E-state index >= 15 is 0 Å². The first-order chi connectivity index (χ1) is 19.5. The lowest BCUT2D eigenvalue weighted by Gasteiger charge is -2.48. The number of piperazine rings is 1. The number of thioether (sulfide) groups is 1. The van der Waals surface area contributed by atoms with E-state index in [-0.39, 0.29) is 59.8 Å². The summed E-state index contributed by atoms with van der Waals surface area (Å²) in [6, 6.07) is -1.14. The van der Waals surface area contributed by atoms with Gasteiger partial charge in [-0.05, 0) is 23.8 Å².